The van der Waals surface area contributed by atoms with E-state index in [4.69, 9.17) is 0 Å². The van der Waals surface area contributed by atoms with E-state index < -0.39 is 0 Å². The van der Waals surface area contributed by atoms with Crippen molar-refractivity contribution in [1.82, 2.24) is 14.7 Å². The van der Waals surface area contributed by atoms with Crippen LogP contribution >= 0.6 is 23.3 Å². The van der Waals surface area contributed by atoms with Gasteiger partial charge in [0.15, 0.2) is 4.34 Å². The maximum Gasteiger partial charge on any atom is 0.174 e. The van der Waals surface area contributed by atoms with Crippen LogP contribution in [0.15, 0.2) is 39.8 Å². The normalized spacial score (nSPS) is 12.6. The van der Waals surface area contributed by atoms with Crippen molar-refractivity contribution in [2.45, 2.75) is 29.1 Å². The fourth-order valence-electron chi connectivity index (χ4n) is 1.56. The molecule has 5 heteroatoms. The van der Waals surface area contributed by atoms with Crippen LogP contribution < -0.4 is 5.32 Å². The van der Waals surface area contributed by atoms with Gasteiger partial charge in [-0.3, -0.25) is 0 Å². The molecule has 90 valence electrons. The largest absolute Gasteiger partial charge is 0.310 e. The summed E-state index contributed by atoms with van der Waals surface area (Å²) in [6.07, 6.45) is 1.59. The topological polar surface area (TPSA) is 37.8 Å². The zero-order valence-corrected chi connectivity index (χ0v) is 11.5. The van der Waals surface area contributed by atoms with E-state index in [1.807, 2.05) is 0 Å². The molecule has 1 aromatic heterocycles. The molecule has 2 aromatic rings. The highest BCUT2D eigenvalue weighted by molar-refractivity contribution is 8.01. The van der Waals surface area contributed by atoms with E-state index in [9.17, 15) is 0 Å². The molecule has 0 aliphatic rings. The van der Waals surface area contributed by atoms with Crippen LogP contribution in [-0.2, 0) is 0 Å². The molecule has 1 N–H and O–H groups in total. The average molecular weight is 265 g/mol. The maximum absolute atomic E-state index is 4.16. The van der Waals surface area contributed by atoms with Gasteiger partial charge in [0.05, 0.1) is 0 Å². The summed E-state index contributed by atoms with van der Waals surface area (Å²) < 4.78 is 4.97. The number of benzene rings is 1. The van der Waals surface area contributed by atoms with Crippen molar-refractivity contribution in [2.24, 2.45) is 0 Å². The van der Waals surface area contributed by atoms with Crippen LogP contribution in [0, 0.1) is 0 Å². The summed E-state index contributed by atoms with van der Waals surface area (Å²) >= 11 is 3.08. The van der Waals surface area contributed by atoms with E-state index in [-0.39, 0.29) is 0 Å². The van der Waals surface area contributed by atoms with Crippen molar-refractivity contribution in [3.8, 4) is 0 Å². The summed E-state index contributed by atoms with van der Waals surface area (Å²) in [4.78, 5) is 5.36. The summed E-state index contributed by atoms with van der Waals surface area (Å²) in [5.74, 6) is 0. The van der Waals surface area contributed by atoms with E-state index in [0.717, 1.165) is 10.9 Å². The number of nitrogens with zero attached hydrogens (tertiary/aromatic N) is 2. The first kappa shape index (κ1) is 12.5. The molecule has 0 aliphatic carbocycles. The fraction of sp³-hybridized carbons (Fsp3) is 0.333. The molecule has 0 saturated heterocycles. The van der Waals surface area contributed by atoms with Crippen molar-refractivity contribution in [3.63, 3.8) is 0 Å². The highest BCUT2D eigenvalue weighted by Gasteiger charge is 2.04. The molecule has 0 amide bonds. The minimum Gasteiger partial charge on any atom is -0.310 e. The molecule has 1 unspecified atom stereocenters. The van der Waals surface area contributed by atoms with Crippen molar-refractivity contribution < 1.29 is 0 Å². The quantitative estimate of drug-likeness (QED) is 0.899. The Kier molecular flexibility index (Phi) is 4.53. The molecular formula is C12H15N3S2. The summed E-state index contributed by atoms with van der Waals surface area (Å²) in [5, 5.41) is 3.40. The monoisotopic (exact) mass is 265 g/mol. The first-order chi connectivity index (χ1) is 8.29. The molecule has 1 aromatic carbocycles. The number of hydrogen-bond acceptors (Lipinski definition) is 5. The second-order valence-electron chi connectivity index (χ2n) is 3.66. The standard InChI is InChI=1S/C12H15N3S2/c1-3-13-9(2)10-4-6-11(7-5-10)16-12-14-8-15-17-12/h4-9,13H,3H2,1-2H3. The third-order valence-electron chi connectivity index (χ3n) is 2.44. The Morgan fingerprint density at radius 1 is 1.35 bits per heavy atom. The molecule has 0 fully saturated rings. The van der Waals surface area contributed by atoms with Crippen LogP contribution in [0.2, 0.25) is 0 Å². The summed E-state index contributed by atoms with van der Waals surface area (Å²) in [5.41, 5.74) is 1.31. The van der Waals surface area contributed by atoms with Crippen molar-refractivity contribution in [3.05, 3.63) is 36.2 Å². The van der Waals surface area contributed by atoms with E-state index in [2.05, 4.69) is 52.8 Å². The van der Waals surface area contributed by atoms with Crippen LogP contribution in [0.25, 0.3) is 0 Å². The summed E-state index contributed by atoms with van der Waals surface area (Å²) in [7, 11) is 0. The minimum atomic E-state index is 0.403. The van der Waals surface area contributed by atoms with Crippen molar-refractivity contribution in [2.75, 3.05) is 6.54 Å². The highest BCUT2D eigenvalue weighted by Crippen LogP contribution is 2.28. The third-order valence-corrected chi connectivity index (χ3v) is 4.16. The average Bonchev–Trinajstić information content (AvgIpc) is 2.83. The summed E-state index contributed by atoms with van der Waals surface area (Å²) in [6, 6.07) is 9.00. The zero-order valence-electron chi connectivity index (χ0n) is 9.88. The van der Waals surface area contributed by atoms with Gasteiger partial charge in [0.25, 0.3) is 0 Å². The van der Waals surface area contributed by atoms with Gasteiger partial charge in [-0.2, -0.15) is 4.37 Å². The van der Waals surface area contributed by atoms with E-state index in [0.29, 0.717) is 6.04 Å². The number of hydrogen-bond donors (Lipinski definition) is 1. The predicted octanol–water partition coefficient (Wildman–Crippen LogP) is 3.36. The van der Waals surface area contributed by atoms with Crippen molar-refractivity contribution in [1.29, 1.82) is 0 Å². The smallest absolute Gasteiger partial charge is 0.174 e. The second-order valence-corrected chi connectivity index (χ2v) is 5.76. The third kappa shape index (κ3) is 3.52. The first-order valence-electron chi connectivity index (χ1n) is 5.57. The van der Waals surface area contributed by atoms with E-state index in [1.54, 1.807) is 18.1 Å². The number of rotatable bonds is 5. The van der Waals surface area contributed by atoms with Gasteiger partial charge in [0.2, 0.25) is 0 Å². The Hall–Kier alpha value is -0.910. The van der Waals surface area contributed by atoms with Gasteiger partial charge < -0.3 is 5.32 Å². The van der Waals surface area contributed by atoms with Crippen LogP contribution in [0.3, 0.4) is 0 Å². The molecule has 17 heavy (non-hydrogen) atoms. The van der Waals surface area contributed by atoms with Crippen LogP contribution in [0.1, 0.15) is 25.5 Å². The van der Waals surface area contributed by atoms with Gasteiger partial charge in [-0.1, -0.05) is 30.8 Å². The fourth-order valence-corrected chi connectivity index (χ4v) is 2.98. The molecule has 3 nitrogen and oxygen atoms in total. The van der Waals surface area contributed by atoms with Gasteiger partial charge in [-0.25, -0.2) is 4.98 Å². The molecule has 1 atom stereocenters. The van der Waals surface area contributed by atoms with Gasteiger partial charge in [0, 0.05) is 10.9 Å². The molecule has 0 radical (unpaired) electrons. The minimum absolute atomic E-state index is 0.403. The molecule has 0 spiro atoms. The SMILES string of the molecule is CCNC(C)c1ccc(Sc2ncns2)cc1. The lowest BCUT2D eigenvalue weighted by Crippen LogP contribution is -2.17. The Labute approximate surface area is 110 Å². The van der Waals surface area contributed by atoms with Crippen LogP contribution in [0.4, 0.5) is 0 Å². The Balaban J connectivity index is 2.02. The molecule has 0 saturated carbocycles. The number of nitrogens with one attached hydrogen (secondary N) is 1. The van der Waals surface area contributed by atoms with Gasteiger partial charge in [0.1, 0.15) is 6.33 Å². The van der Waals surface area contributed by atoms with Gasteiger partial charge >= 0.3 is 0 Å². The van der Waals surface area contributed by atoms with Gasteiger partial charge in [-0.05, 0) is 42.7 Å². The molecule has 2 rings (SSSR count). The molecule has 1 heterocycles. The Bertz CT molecular complexity index is 439. The molecule has 0 bridgehead atoms. The molecular weight excluding hydrogens is 250 g/mol. The number of aromatic nitrogens is 2. The van der Waals surface area contributed by atoms with Gasteiger partial charge in [-0.15, -0.1) is 0 Å². The second kappa shape index (κ2) is 6.14. The lowest BCUT2D eigenvalue weighted by Gasteiger charge is -2.12. The van der Waals surface area contributed by atoms with Crippen LogP contribution in [-0.4, -0.2) is 15.9 Å². The highest BCUT2D eigenvalue weighted by atomic mass is 32.2. The Morgan fingerprint density at radius 2 is 2.12 bits per heavy atom. The van der Waals surface area contributed by atoms with Crippen molar-refractivity contribution >= 4 is 23.3 Å². The lowest BCUT2D eigenvalue weighted by atomic mass is 10.1. The van der Waals surface area contributed by atoms with Crippen LogP contribution in [0.5, 0.6) is 0 Å². The zero-order chi connectivity index (χ0) is 12.1. The maximum atomic E-state index is 4.16. The lowest BCUT2D eigenvalue weighted by molar-refractivity contribution is 0.598. The summed E-state index contributed by atoms with van der Waals surface area (Å²) in [6.45, 7) is 5.29. The molecule has 0 aliphatic heterocycles. The Morgan fingerprint density at radius 3 is 2.71 bits per heavy atom. The predicted molar refractivity (Wildman–Crippen MR) is 72.6 cm³/mol. The van der Waals surface area contributed by atoms with E-state index in [1.165, 1.54) is 22.0 Å². The first-order valence-corrected chi connectivity index (χ1v) is 7.16. The van der Waals surface area contributed by atoms with E-state index >= 15 is 0 Å².